The highest BCUT2D eigenvalue weighted by Crippen LogP contribution is 2.69. The Hall–Kier alpha value is -2.70. The van der Waals surface area contributed by atoms with E-state index in [1.54, 1.807) is 0 Å². The van der Waals surface area contributed by atoms with Crippen molar-refractivity contribution < 1.29 is 18.9 Å². The van der Waals surface area contributed by atoms with Crippen LogP contribution in [0.25, 0.3) is 0 Å². The summed E-state index contributed by atoms with van der Waals surface area (Å²) in [7, 11) is 0. The number of rotatable bonds is 2. The maximum absolute atomic E-state index is 10.5. The number of allylic oxidation sites excluding steroid dienone is 2. The van der Waals surface area contributed by atoms with Gasteiger partial charge in [-0.25, -0.2) is 0 Å². The summed E-state index contributed by atoms with van der Waals surface area (Å²) in [6.45, 7) is 6.95. The molecule has 0 radical (unpaired) electrons. The smallest absolute Gasteiger partial charge is 0.218 e. The fourth-order valence-electron chi connectivity index (χ4n) is 6.43. The SMILES string of the molecule is C=C(C)C1CC=C(C2OC34CCC5(CC3C(C#N)(C(=N)O4)C2(C#N)C#N)OCCO5)CC1. The molecule has 1 saturated carbocycles. The van der Waals surface area contributed by atoms with Gasteiger partial charge < -0.3 is 18.9 Å². The van der Waals surface area contributed by atoms with Gasteiger partial charge in [0.2, 0.25) is 17.1 Å². The second kappa shape index (κ2) is 6.90. The van der Waals surface area contributed by atoms with Crippen LogP contribution in [0.5, 0.6) is 0 Å². The third kappa shape index (κ3) is 2.42. The largest absolute Gasteiger partial charge is 0.447 e. The number of nitrogens with zero attached hydrogens (tertiary/aromatic N) is 3. The highest BCUT2D eigenvalue weighted by atomic mass is 16.7. The van der Waals surface area contributed by atoms with Gasteiger partial charge in [0.05, 0.1) is 37.3 Å². The molecule has 0 aromatic heterocycles. The maximum Gasteiger partial charge on any atom is 0.218 e. The predicted molar refractivity (Wildman–Crippen MR) is 110 cm³/mol. The molecular weight excluding hydrogens is 408 g/mol. The van der Waals surface area contributed by atoms with E-state index < -0.39 is 34.4 Å². The molecule has 1 N–H and O–H groups in total. The number of nitrogens with one attached hydrogen (secondary N) is 1. The molecule has 0 aromatic carbocycles. The van der Waals surface area contributed by atoms with Gasteiger partial charge in [0.1, 0.15) is 6.10 Å². The molecule has 2 aliphatic carbocycles. The topological polar surface area (TPSA) is 132 Å². The van der Waals surface area contributed by atoms with Crippen LogP contribution < -0.4 is 0 Å². The predicted octanol–water partition coefficient (Wildman–Crippen LogP) is 3.48. The van der Waals surface area contributed by atoms with Crippen LogP contribution in [0.2, 0.25) is 0 Å². The quantitative estimate of drug-likeness (QED) is 0.658. The summed E-state index contributed by atoms with van der Waals surface area (Å²) < 4.78 is 24.3. The number of nitriles is 3. The minimum absolute atomic E-state index is 0.234. The molecule has 0 amide bonds. The van der Waals surface area contributed by atoms with Gasteiger partial charge in [-0.15, -0.1) is 0 Å². The summed E-state index contributed by atoms with van der Waals surface area (Å²) in [6, 6.07) is 6.50. The third-order valence-corrected chi connectivity index (χ3v) is 8.21. The Kier molecular flexibility index (Phi) is 4.56. The van der Waals surface area contributed by atoms with Gasteiger partial charge in [-0.1, -0.05) is 18.2 Å². The molecule has 1 spiro atoms. The van der Waals surface area contributed by atoms with E-state index in [1.165, 1.54) is 0 Å². The van der Waals surface area contributed by atoms with Crippen molar-refractivity contribution in [2.75, 3.05) is 13.2 Å². The highest BCUT2D eigenvalue weighted by molar-refractivity contribution is 5.89. The maximum atomic E-state index is 10.5. The summed E-state index contributed by atoms with van der Waals surface area (Å²) in [5.74, 6) is -2.88. The van der Waals surface area contributed by atoms with E-state index in [4.69, 9.17) is 24.4 Å². The summed E-state index contributed by atoms with van der Waals surface area (Å²) in [6.07, 6.45) is 4.39. The second-order valence-electron chi connectivity index (χ2n) is 9.65. The Morgan fingerprint density at radius 2 is 1.88 bits per heavy atom. The molecule has 5 unspecified atom stereocenters. The van der Waals surface area contributed by atoms with Crippen LogP contribution in [0.1, 0.15) is 45.4 Å². The van der Waals surface area contributed by atoms with Crippen LogP contribution in [0.15, 0.2) is 23.8 Å². The lowest BCUT2D eigenvalue weighted by Gasteiger charge is -2.54. The zero-order valence-corrected chi connectivity index (χ0v) is 18.1. The molecule has 5 aliphatic rings. The highest BCUT2D eigenvalue weighted by Gasteiger charge is 2.82. The van der Waals surface area contributed by atoms with Crippen molar-refractivity contribution in [3.63, 3.8) is 0 Å². The minimum Gasteiger partial charge on any atom is -0.447 e. The Balaban J connectivity index is 1.63. The van der Waals surface area contributed by atoms with E-state index in [1.807, 2.05) is 13.0 Å². The van der Waals surface area contributed by atoms with Gasteiger partial charge in [-0.05, 0) is 37.7 Å². The zero-order chi connectivity index (χ0) is 22.8. The van der Waals surface area contributed by atoms with E-state index in [0.29, 0.717) is 38.4 Å². The first-order valence-electron chi connectivity index (χ1n) is 11.1. The molecule has 5 rings (SSSR count). The lowest BCUT2D eigenvalue weighted by atomic mass is 9.50. The fraction of sp³-hybridized carbons (Fsp3) is 0.667. The Morgan fingerprint density at radius 3 is 2.44 bits per heavy atom. The van der Waals surface area contributed by atoms with Gasteiger partial charge in [-0.3, -0.25) is 5.41 Å². The zero-order valence-electron chi connectivity index (χ0n) is 18.1. The molecule has 8 heteroatoms. The molecule has 3 aliphatic heterocycles. The Morgan fingerprint density at radius 1 is 1.16 bits per heavy atom. The lowest BCUT2D eigenvalue weighted by molar-refractivity contribution is -0.323. The van der Waals surface area contributed by atoms with Gasteiger partial charge in [0, 0.05) is 19.3 Å². The monoisotopic (exact) mass is 434 g/mol. The molecule has 0 aromatic rings. The molecule has 5 atom stereocenters. The van der Waals surface area contributed by atoms with Crippen LogP contribution in [-0.2, 0) is 18.9 Å². The minimum atomic E-state index is -1.91. The Labute approximate surface area is 187 Å². The molecule has 3 saturated heterocycles. The molecule has 8 nitrogen and oxygen atoms in total. The average Bonchev–Trinajstić information content (AvgIpc) is 3.33. The van der Waals surface area contributed by atoms with Gasteiger partial charge in [0.15, 0.2) is 11.2 Å². The first-order chi connectivity index (χ1) is 15.3. The van der Waals surface area contributed by atoms with E-state index >= 15 is 0 Å². The molecular formula is C24H26N4O4. The van der Waals surface area contributed by atoms with E-state index in [9.17, 15) is 15.8 Å². The van der Waals surface area contributed by atoms with Crippen molar-refractivity contribution in [1.29, 1.82) is 21.2 Å². The molecule has 32 heavy (non-hydrogen) atoms. The average molecular weight is 434 g/mol. The standard InChI is InChI=1S/C24H26N4O4/c1-15(2)16-3-5-17(6-4-16)19-21(12-25,13-26)23(14-27)18-11-22(29-9-10-30-22)7-8-24(18,31-19)32-20(23)28/h5,16,18-19,28H,1,3-4,6-11H2,2H3. The molecule has 3 heterocycles. The lowest BCUT2D eigenvalue weighted by Crippen LogP contribution is -2.66. The summed E-state index contributed by atoms with van der Waals surface area (Å²) in [5, 5.41) is 40.0. The summed E-state index contributed by atoms with van der Waals surface area (Å²) >= 11 is 0. The van der Waals surface area contributed by atoms with Gasteiger partial charge in [0.25, 0.3) is 0 Å². The van der Waals surface area contributed by atoms with E-state index in [-0.39, 0.29) is 12.3 Å². The summed E-state index contributed by atoms with van der Waals surface area (Å²) in [4.78, 5) is 0. The second-order valence-corrected chi connectivity index (χ2v) is 9.65. The van der Waals surface area contributed by atoms with Crippen LogP contribution >= 0.6 is 0 Å². The molecule has 4 fully saturated rings. The van der Waals surface area contributed by atoms with E-state index in [2.05, 4.69) is 24.8 Å². The van der Waals surface area contributed by atoms with Crippen molar-refractivity contribution >= 4 is 5.90 Å². The van der Waals surface area contributed by atoms with Crippen LogP contribution in [-0.4, -0.2) is 36.8 Å². The van der Waals surface area contributed by atoms with Crippen molar-refractivity contribution in [1.82, 2.24) is 0 Å². The van der Waals surface area contributed by atoms with Crippen molar-refractivity contribution in [2.24, 2.45) is 22.7 Å². The first kappa shape index (κ1) is 21.2. The van der Waals surface area contributed by atoms with Crippen molar-refractivity contribution in [2.45, 2.75) is 63.1 Å². The molecule has 166 valence electrons. The normalized spacial score (nSPS) is 40.9. The molecule has 2 bridgehead atoms. The van der Waals surface area contributed by atoms with Crippen LogP contribution in [0, 0.1) is 62.1 Å². The number of hydrogen-bond acceptors (Lipinski definition) is 8. The number of ether oxygens (including phenoxy) is 4. The van der Waals surface area contributed by atoms with Crippen molar-refractivity contribution in [3.8, 4) is 18.2 Å². The fourth-order valence-corrected chi connectivity index (χ4v) is 6.43. The van der Waals surface area contributed by atoms with Crippen LogP contribution in [0.3, 0.4) is 0 Å². The Bertz CT molecular complexity index is 1030. The van der Waals surface area contributed by atoms with Gasteiger partial charge in [-0.2, -0.15) is 15.8 Å². The third-order valence-electron chi connectivity index (χ3n) is 8.21. The number of hydrogen-bond donors (Lipinski definition) is 1. The van der Waals surface area contributed by atoms with E-state index in [0.717, 1.165) is 24.0 Å². The van der Waals surface area contributed by atoms with Crippen molar-refractivity contribution in [3.05, 3.63) is 23.8 Å². The summed E-state index contributed by atoms with van der Waals surface area (Å²) in [5.41, 5.74) is -1.75. The first-order valence-corrected chi connectivity index (χ1v) is 11.1. The van der Waals surface area contributed by atoms with Crippen LogP contribution in [0.4, 0.5) is 0 Å². The van der Waals surface area contributed by atoms with Gasteiger partial charge >= 0.3 is 0 Å².